The molecule has 0 radical (unpaired) electrons. The van der Waals surface area contributed by atoms with Crippen LogP contribution in [0.5, 0.6) is 0 Å². The molecular weight excluding hydrogens is 316 g/mol. The van der Waals surface area contributed by atoms with Gasteiger partial charge >= 0.3 is 0 Å². The number of hydrogen-bond donors (Lipinski definition) is 2. The highest BCUT2D eigenvalue weighted by Gasteiger charge is 2.62. The zero-order chi connectivity index (χ0) is 18.0. The lowest BCUT2D eigenvalue weighted by atomic mass is 9.47. The van der Waals surface area contributed by atoms with Crippen LogP contribution in [0, 0.1) is 22.7 Å². The maximum absolute atomic E-state index is 12.3. The molecule has 5 atom stereocenters. The molecule has 0 aromatic heterocycles. The van der Waals surface area contributed by atoms with Crippen molar-refractivity contribution in [2.45, 2.75) is 64.4 Å². The highest BCUT2D eigenvalue weighted by atomic mass is 16.3. The average molecular weight is 344 g/mol. The molecule has 0 aromatic carbocycles. The monoisotopic (exact) mass is 344 g/mol. The van der Waals surface area contributed by atoms with Gasteiger partial charge in [0.25, 0.3) is 0 Å². The molecule has 0 spiro atoms. The van der Waals surface area contributed by atoms with Crippen molar-refractivity contribution in [3.8, 4) is 0 Å². The Morgan fingerprint density at radius 1 is 1.24 bits per heavy atom. The molecule has 2 saturated carbocycles. The van der Waals surface area contributed by atoms with E-state index in [1.54, 1.807) is 0 Å². The highest BCUT2D eigenvalue weighted by molar-refractivity contribution is 5.92. The summed E-state index contributed by atoms with van der Waals surface area (Å²) in [5.41, 5.74) is 0.595. The summed E-state index contributed by atoms with van der Waals surface area (Å²) in [6.07, 6.45) is 9.49. The maximum atomic E-state index is 12.3. The number of hydrogen-bond acceptors (Lipinski definition) is 4. The van der Waals surface area contributed by atoms with E-state index in [-0.39, 0.29) is 11.2 Å². The van der Waals surface area contributed by atoms with Crippen LogP contribution in [0.15, 0.2) is 23.3 Å². The third-order valence-corrected chi connectivity index (χ3v) is 8.12. The Hall–Kier alpha value is -1.26. The summed E-state index contributed by atoms with van der Waals surface area (Å²) in [7, 11) is 0. The van der Waals surface area contributed by atoms with E-state index in [4.69, 9.17) is 0 Å². The van der Waals surface area contributed by atoms with E-state index in [1.165, 1.54) is 11.1 Å². The molecule has 0 heterocycles. The van der Waals surface area contributed by atoms with Crippen LogP contribution in [0.3, 0.4) is 0 Å². The van der Waals surface area contributed by atoms with Crippen molar-refractivity contribution in [2.75, 3.05) is 6.61 Å². The normalized spacial score (nSPS) is 45.8. The van der Waals surface area contributed by atoms with Crippen LogP contribution in [0.4, 0.5) is 0 Å². The summed E-state index contributed by atoms with van der Waals surface area (Å²) in [6, 6.07) is 0. The van der Waals surface area contributed by atoms with E-state index in [0.29, 0.717) is 24.7 Å². The predicted octanol–water partition coefficient (Wildman–Crippen LogP) is 2.73. The van der Waals surface area contributed by atoms with Crippen LogP contribution in [0.25, 0.3) is 0 Å². The van der Waals surface area contributed by atoms with Crippen molar-refractivity contribution in [1.82, 2.24) is 0 Å². The number of ketones is 2. The third-order valence-electron chi connectivity index (χ3n) is 8.12. The van der Waals surface area contributed by atoms with Crippen LogP contribution in [0.2, 0.25) is 0 Å². The van der Waals surface area contributed by atoms with Gasteiger partial charge in [-0.05, 0) is 55.4 Å². The molecule has 0 amide bonds. The Morgan fingerprint density at radius 2 is 2.00 bits per heavy atom. The smallest absolute Gasteiger partial charge is 0.190 e. The molecule has 4 nitrogen and oxygen atoms in total. The summed E-state index contributed by atoms with van der Waals surface area (Å²) >= 11 is 0. The number of Topliss-reactive ketones (excluding diaryl/α,β-unsaturated/α-hetero) is 1. The van der Waals surface area contributed by atoms with Crippen molar-refractivity contribution in [3.05, 3.63) is 23.3 Å². The molecule has 136 valence electrons. The van der Waals surface area contributed by atoms with Crippen LogP contribution in [-0.2, 0) is 9.59 Å². The number of allylic oxidation sites excluding steroid dienone is 2. The second-order valence-electron chi connectivity index (χ2n) is 8.98. The number of rotatable bonds is 2. The minimum Gasteiger partial charge on any atom is -0.388 e. The second-order valence-corrected chi connectivity index (χ2v) is 8.98. The summed E-state index contributed by atoms with van der Waals surface area (Å²) < 4.78 is 0. The fraction of sp³-hybridized carbons (Fsp3) is 0.714. The molecule has 4 heteroatoms. The first-order chi connectivity index (χ1) is 11.8. The van der Waals surface area contributed by atoms with Crippen LogP contribution in [0.1, 0.15) is 58.8 Å². The lowest BCUT2D eigenvalue weighted by Crippen LogP contribution is -2.56. The summed E-state index contributed by atoms with van der Waals surface area (Å²) in [4.78, 5) is 24.2. The number of carbonyl (C=O) groups is 2. The Kier molecular flexibility index (Phi) is 3.69. The Balaban J connectivity index is 1.70. The van der Waals surface area contributed by atoms with E-state index in [0.717, 1.165) is 32.1 Å². The van der Waals surface area contributed by atoms with Crippen molar-refractivity contribution >= 4 is 11.6 Å². The highest BCUT2D eigenvalue weighted by Crippen LogP contribution is 2.65. The van der Waals surface area contributed by atoms with Gasteiger partial charge in [-0.1, -0.05) is 31.1 Å². The van der Waals surface area contributed by atoms with E-state index in [9.17, 15) is 19.8 Å². The number of carbonyl (C=O) groups excluding carboxylic acids is 2. The molecule has 4 aliphatic rings. The lowest BCUT2D eigenvalue weighted by Gasteiger charge is -2.57. The van der Waals surface area contributed by atoms with E-state index in [2.05, 4.69) is 13.0 Å². The van der Waals surface area contributed by atoms with Crippen molar-refractivity contribution in [3.63, 3.8) is 0 Å². The van der Waals surface area contributed by atoms with Gasteiger partial charge in [0.05, 0.1) is 0 Å². The molecule has 0 saturated heterocycles. The standard InChI is InChI=1S/C21H28O4/c1-19-8-5-14(23)11-13(19)3-4-15-16(19)6-9-20(2)17(15)7-10-21(20,25)18(24)12-22/h7,11,15-16,22,25H,3-6,8-10,12H2,1-2H3/t15-,16+,19-,20-,21+/m1/s1. The van der Waals surface area contributed by atoms with E-state index in [1.807, 2.05) is 13.0 Å². The number of fused-ring (bicyclic) bond motifs is 5. The molecule has 0 aliphatic heterocycles. The van der Waals surface area contributed by atoms with Crippen molar-refractivity contribution in [1.29, 1.82) is 0 Å². The van der Waals surface area contributed by atoms with Crippen molar-refractivity contribution in [2.24, 2.45) is 22.7 Å². The summed E-state index contributed by atoms with van der Waals surface area (Å²) in [5.74, 6) is 0.654. The summed E-state index contributed by atoms with van der Waals surface area (Å²) in [5, 5.41) is 20.5. The van der Waals surface area contributed by atoms with Crippen LogP contribution >= 0.6 is 0 Å². The van der Waals surface area contributed by atoms with Gasteiger partial charge in [0.2, 0.25) is 0 Å². The fourth-order valence-corrected chi connectivity index (χ4v) is 6.46. The SMILES string of the molecule is C[C@@]12CCC(=O)C=C1CC[C@H]1C3=CC[C@](O)(C(=O)CO)[C@]3(C)CC[C@@H]12. The Bertz CT molecular complexity index is 705. The van der Waals surface area contributed by atoms with Gasteiger partial charge < -0.3 is 10.2 Å². The topological polar surface area (TPSA) is 74.6 Å². The van der Waals surface area contributed by atoms with Gasteiger partial charge in [-0.3, -0.25) is 9.59 Å². The molecule has 0 bridgehead atoms. The van der Waals surface area contributed by atoms with Crippen molar-refractivity contribution < 1.29 is 19.8 Å². The molecule has 4 rings (SSSR count). The Morgan fingerprint density at radius 3 is 2.72 bits per heavy atom. The zero-order valence-corrected chi connectivity index (χ0v) is 15.2. The van der Waals surface area contributed by atoms with E-state index < -0.39 is 23.4 Å². The fourth-order valence-electron chi connectivity index (χ4n) is 6.46. The zero-order valence-electron chi connectivity index (χ0n) is 15.2. The molecule has 2 fully saturated rings. The van der Waals surface area contributed by atoms with Gasteiger partial charge in [-0.25, -0.2) is 0 Å². The van der Waals surface area contributed by atoms with Crippen LogP contribution < -0.4 is 0 Å². The molecule has 0 aromatic rings. The van der Waals surface area contributed by atoms with Gasteiger partial charge in [0.1, 0.15) is 12.2 Å². The molecule has 25 heavy (non-hydrogen) atoms. The third kappa shape index (κ3) is 2.07. The number of aliphatic hydroxyl groups is 2. The molecular formula is C21H28O4. The largest absolute Gasteiger partial charge is 0.388 e. The molecule has 0 unspecified atom stereocenters. The van der Waals surface area contributed by atoms with Gasteiger partial charge in [0, 0.05) is 18.3 Å². The summed E-state index contributed by atoms with van der Waals surface area (Å²) in [6.45, 7) is 3.72. The second kappa shape index (κ2) is 5.37. The lowest BCUT2D eigenvalue weighted by molar-refractivity contribution is -0.153. The molecule has 4 aliphatic carbocycles. The van der Waals surface area contributed by atoms with Gasteiger partial charge in [0.15, 0.2) is 11.6 Å². The van der Waals surface area contributed by atoms with E-state index >= 15 is 0 Å². The first kappa shape index (κ1) is 17.2. The minimum atomic E-state index is -1.46. The first-order valence-corrected chi connectivity index (χ1v) is 9.57. The quantitative estimate of drug-likeness (QED) is 0.756. The van der Waals surface area contributed by atoms with Gasteiger partial charge in [-0.2, -0.15) is 0 Å². The van der Waals surface area contributed by atoms with Crippen LogP contribution in [-0.4, -0.2) is 34.0 Å². The molecule has 2 N–H and O–H groups in total. The maximum Gasteiger partial charge on any atom is 0.190 e. The predicted molar refractivity (Wildman–Crippen MR) is 93.7 cm³/mol. The first-order valence-electron chi connectivity index (χ1n) is 9.57. The number of aliphatic hydroxyl groups excluding tert-OH is 1. The minimum absolute atomic E-state index is 0.0701. The van der Waals surface area contributed by atoms with Gasteiger partial charge in [-0.15, -0.1) is 0 Å². The Labute approximate surface area is 149 Å². The average Bonchev–Trinajstić information content (AvgIpc) is 2.87.